The van der Waals surface area contributed by atoms with Crippen molar-refractivity contribution in [2.45, 2.75) is 32.7 Å². The molecule has 0 aromatic heterocycles. The Labute approximate surface area is 128 Å². The van der Waals surface area contributed by atoms with Gasteiger partial charge in [0, 0.05) is 25.3 Å². The minimum Gasteiger partial charge on any atom is -0.385 e. The number of rotatable bonds is 5. The average molecular weight is 293 g/mol. The maximum absolute atomic E-state index is 14.2. The summed E-state index contributed by atoms with van der Waals surface area (Å²) in [5.41, 5.74) is 1.54. The molecule has 21 heavy (non-hydrogen) atoms. The van der Waals surface area contributed by atoms with Gasteiger partial charge >= 0.3 is 0 Å². The summed E-state index contributed by atoms with van der Waals surface area (Å²) in [5.74, 6) is 0.543. The van der Waals surface area contributed by atoms with Crippen molar-refractivity contribution in [2.24, 2.45) is 5.92 Å². The van der Waals surface area contributed by atoms with Crippen molar-refractivity contribution in [3.63, 3.8) is 0 Å². The molecule has 0 amide bonds. The van der Waals surface area contributed by atoms with Gasteiger partial charge in [-0.2, -0.15) is 0 Å². The molecule has 1 heterocycles. The lowest BCUT2D eigenvalue weighted by Gasteiger charge is -2.29. The van der Waals surface area contributed by atoms with E-state index in [0.29, 0.717) is 11.6 Å². The van der Waals surface area contributed by atoms with Gasteiger partial charge in [0.1, 0.15) is 5.82 Å². The molecule has 4 heteroatoms. The van der Waals surface area contributed by atoms with Crippen LogP contribution in [0, 0.1) is 11.7 Å². The van der Waals surface area contributed by atoms with E-state index in [1.165, 1.54) is 25.9 Å². The monoisotopic (exact) mass is 293 g/mol. The largest absolute Gasteiger partial charge is 0.385 e. The summed E-state index contributed by atoms with van der Waals surface area (Å²) < 4.78 is 14.2. The number of piperidine rings is 1. The van der Waals surface area contributed by atoms with Gasteiger partial charge in [-0.25, -0.2) is 4.39 Å². The standard InChI is InChI=1S/C17H28FN3/c1-13(2)21(4)17-6-5-15(11-16(17)18)19-12-14-7-9-20(3)10-8-14/h5-6,11,13-14,19H,7-10,12H2,1-4H3. The summed E-state index contributed by atoms with van der Waals surface area (Å²) >= 11 is 0. The lowest BCUT2D eigenvalue weighted by atomic mass is 9.97. The second kappa shape index (κ2) is 7.12. The molecule has 0 atom stereocenters. The van der Waals surface area contributed by atoms with Crippen LogP contribution in [0.3, 0.4) is 0 Å². The molecule has 1 aromatic carbocycles. The van der Waals surface area contributed by atoms with E-state index in [9.17, 15) is 4.39 Å². The van der Waals surface area contributed by atoms with Crippen LogP contribution >= 0.6 is 0 Å². The molecule has 1 saturated heterocycles. The Morgan fingerprint density at radius 3 is 2.57 bits per heavy atom. The molecule has 1 aliphatic heterocycles. The van der Waals surface area contributed by atoms with Gasteiger partial charge in [0.15, 0.2) is 0 Å². The van der Waals surface area contributed by atoms with Gasteiger partial charge in [0.05, 0.1) is 5.69 Å². The molecule has 0 spiro atoms. The molecule has 0 bridgehead atoms. The number of anilines is 2. The topological polar surface area (TPSA) is 18.5 Å². The predicted molar refractivity (Wildman–Crippen MR) is 88.6 cm³/mol. The number of benzene rings is 1. The molecule has 1 aromatic rings. The van der Waals surface area contributed by atoms with Crippen LogP contribution in [0.2, 0.25) is 0 Å². The summed E-state index contributed by atoms with van der Waals surface area (Å²) in [6.07, 6.45) is 2.44. The minimum atomic E-state index is -0.153. The van der Waals surface area contributed by atoms with Crippen LogP contribution in [0.4, 0.5) is 15.8 Å². The van der Waals surface area contributed by atoms with Crippen molar-refractivity contribution >= 4 is 11.4 Å². The highest BCUT2D eigenvalue weighted by atomic mass is 19.1. The van der Waals surface area contributed by atoms with Gasteiger partial charge < -0.3 is 15.1 Å². The zero-order chi connectivity index (χ0) is 15.4. The Bertz CT molecular complexity index is 453. The van der Waals surface area contributed by atoms with E-state index in [1.54, 1.807) is 6.07 Å². The van der Waals surface area contributed by atoms with Crippen molar-refractivity contribution in [3.8, 4) is 0 Å². The lowest BCUT2D eigenvalue weighted by molar-refractivity contribution is 0.226. The van der Waals surface area contributed by atoms with Crippen LogP contribution in [0.5, 0.6) is 0 Å². The van der Waals surface area contributed by atoms with Crippen LogP contribution in [0.1, 0.15) is 26.7 Å². The van der Waals surface area contributed by atoms with Crippen LogP contribution in [-0.2, 0) is 0 Å². The molecule has 0 saturated carbocycles. The third-order valence-corrected chi connectivity index (χ3v) is 4.54. The Hall–Kier alpha value is -1.29. The zero-order valence-corrected chi connectivity index (χ0v) is 13.7. The smallest absolute Gasteiger partial charge is 0.148 e. The van der Waals surface area contributed by atoms with Gasteiger partial charge in [-0.1, -0.05) is 0 Å². The third kappa shape index (κ3) is 4.34. The van der Waals surface area contributed by atoms with Gasteiger partial charge in [-0.05, 0) is 70.9 Å². The van der Waals surface area contributed by atoms with Gasteiger partial charge in [-0.15, -0.1) is 0 Å². The maximum Gasteiger partial charge on any atom is 0.148 e. The quantitative estimate of drug-likeness (QED) is 0.897. The first-order valence-corrected chi connectivity index (χ1v) is 7.92. The minimum absolute atomic E-state index is 0.153. The number of nitrogens with zero attached hydrogens (tertiary/aromatic N) is 2. The molecule has 1 fully saturated rings. The third-order valence-electron chi connectivity index (χ3n) is 4.54. The van der Waals surface area contributed by atoms with E-state index < -0.39 is 0 Å². The Morgan fingerprint density at radius 2 is 2.00 bits per heavy atom. The van der Waals surface area contributed by atoms with Crippen molar-refractivity contribution in [1.29, 1.82) is 0 Å². The molecular formula is C17H28FN3. The predicted octanol–water partition coefficient (Wildman–Crippen LogP) is 3.42. The van der Waals surface area contributed by atoms with E-state index in [0.717, 1.165) is 12.2 Å². The van der Waals surface area contributed by atoms with Crippen LogP contribution < -0.4 is 10.2 Å². The number of likely N-dealkylation sites (tertiary alicyclic amines) is 1. The Morgan fingerprint density at radius 1 is 1.33 bits per heavy atom. The van der Waals surface area contributed by atoms with Crippen molar-refractivity contribution < 1.29 is 4.39 Å². The zero-order valence-electron chi connectivity index (χ0n) is 13.7. The van der Waals surface area contributed by atoms with Crippen molar-refractivity contribution in [2.75, 3.05) is 43.9 Å². The first kappa shape index (κ1) is 16.1. The summed E-state index contributed by atoms with van der Waals surface area (Å²) in [7, 11) is 4.09. The molecule has 0 radical (unpaired) electrons. The van der Waals surface area contributed by atoms with Gasteiger partial charge in [0.2, 0.25) is 0 Å². The summed E-state index contributed by atoms with van der Waals surface area (Å²) in [6.45, 7) is 7.39. The average Bonchev–Trinajstić information content (AvgIpc) is 2.46. The molecule has 0 aliphatic carbocycles. The van der Waals surface area contributed by atoms with E-state index >= 15 is 0 Å². The molecule has 2 rings (SSSR count). The number of hydrogen-bond acceptors (Lipinski definition) is 3. The molecule has 1 N–H and O–H groups in total. The Balaban J connectivity index is 1.91. The van der Waals surface area contributed by atoms with Crippen molar-refractivity contribution in [3.05, 3.63) is 24.0 Å². The molecular weight excluding hydrogens is 265 g/mol. The molecule has 118 valence electrons. The lowest BCUT2D eigenvalue weighted by Crippen LogP contribution is -2.33. The first-order valence-electron chi connectivity index (χ1n) is 7.92. The van der Waals surface area contributed by atoms with Gasteiger partial charge in [0.25, 0.3) is 0 Å². The SMILES string of the molecule is CC(C)N(C)c1ccc(NCC2CCN(C)CC2)cc1F. The summed E-state index contributed by atoms with van der Waals surface area (Å²) in [4.78, 5) is 4.32. The molecule has 3 nitrogen and oxygen atoms in total. The first-order chi connectivity index (χ1) is 9.97. The normalized spacial score (nSPS) is 17.2. The molecule has 1 aliphatic rings. The Kier molecular flexibility index (Phi) is 5.45. The van der Waals surface area contributed by atoms with E-state index in [4.69, 9.17) is 0 Å². The maximum atomic E-state index is 14.2. The highest BCUT2D eigenvalue weighted by Crippen LogP contribution is 2.24. The second-order valence-corrected chi connectivity index (χ2v) is 6.50. The summed E-state index contributed by atoms with van der Waals surface area (Å²) in [6, 6.07) is 5.75. The fourth-order valence-corrected chi connectivity index (χ4v) is 2.71. The second-order valence-electron chi connectivity index (χ2n) is 6.50. The number of hydrogen-bond donors (Lipinski definition) is 1. The van der Waals surface area contributed by atoms with Gasteiger partial charge in [-0.3, -0.25) is 0 Å². The highest BCUT2D eigenvalue weighted by Gasteiger charge is 2.16. The fourth-order valence-electron chi connectivity index (χ4n) is 2.71. The highest BCUT2D eigenvalue weighted by molar-refractivity contribution is 5.56. The summed E-state index contributed by atoms with van der Waals surface area (Å²) in [5, 5.41) is 3.39. The van der Waals surface area contributed by atoms with Crippen LogP contribution in [0.25, 0.3) is 0 Å². The van der Waals surface area contributed by atoms with E-state index in [-0.39, 0.29) is 11.9 Å². The van der Waals surface area contributed by atoms with Crippen LogP contribution in [-0.4, -0.2) is 44.7 Å². The fraction of sp³-hybridized carbons (Fsp3) is 0.647. The van der Waals surface area contributed by atoms with E-state index in [1.807, 2.05) is 24.1 Å². The molecule has 0 unspecified atom stereocenters. The van der Waals surface area contributed by atoms with Crippen molar-refractivity contribution in [1.82, 2.24) is 4.90 Å². The number of nitrogens with one attached hydrogen (secondary N) is 1. The van der Waals surface area contributed by atoms with E-state index in [2.05, 4.69) is 31.1 Å². The number of halogens is 1. The van der Waals surface area contributed by atoms with Crippen LogP contribution in [0.15, 0.2) is 18.2 Å².